The summed E-state index contributed by atoms with van der Waals surface area (Å²) in [5.41, 5.74) is 3.08. The highest BCUT2D eigenvalue weighted by atomic mass is 16.6. The van der Waals surface area contributed by atoms with Gasteiger partial charge in [0.05, 0.1) is 22.4 Å². The summed E-state index contributed by atoms with van der Waals surface area (Å²) in [7, 11) is 0. The maximum absolute atomic E-state index is 10.5. The van der Waals surface area contributed by atoms with E-state index in [9.17, 15) is 10.1 Å². The van der Waals surface area contributed by atoms with Gasteiger partial charge >= 0.3 is 5.95 Å². The fourth-order valence-corrected chi connectivity index (χ4v) is 1.87. The highest BCUT2D eigenvalue weighted by Gasteiger charge is 2.15. The Morgan fingerprint density at radius 3 is 2.60 bits per heavy atom. The van der Waals surface area contributed by atoms with Crippen molar-refractivity contribution >= 4 is 17.0 Å². The Morgan fingerprint density at radius 1 is 1.25 bits per heavy atom. The van der Waals surface area contributed by atoms with Gasteiger partial charge in [0.15, 0.2) is 0 Å². The van der Waals surface area contributed by atoms with Crippen LogP contribution < -0.4 is 0 Å². The lowest BCUT2D eigenvalue weighted by molar-refractivity contribution is -0.394. The van der Waals surface area contributed by atoms with E-state index in [4.69, 9.17) is 0 Å². The van der Waals surface area contributed by atoms with Crippen LogP contribution in [0.2, 0.25) is 0 Å². The molecule has 1 aromatic carbocycles. The molecule has 2 heterocycles. The Labute approximate surface area is 113 Å². The first-order chi connectivity index (χ1) is 9.63. The van der Waals surface area contributed by atoms with E-state index in [1.54, 1.807) is 0 Å². The van der Waals surface area contributed by atoms with Crippen molar-refractivity contribution in [3.05, 3.63) is 52.1 Å². The summed E-state index contributed by atoms with van der Waals surface area (Å²) < 4.78 is 1.38. The van der Waals surface area contributed by atoms with E-state index in [1.807, 2.05) is 31.2 Å². The van der Waals surface area contributed by atoms with Gasteiger partial charge in [-0.05, 0) is 24.0 Å². The molecule has 0 saturated heterocycles. The number of nitro groups is 1. The van der Waals surface area contributed by atoms with Gasteiger partial charge in [0.25, 0.3) is 0 Å². The summed E-state index contributed by atoms with van der Waals surface area (Å²) in [4.78, 5) is 22.5. The van der Waals surface area contributed by atoms with Gasteiger partial charge in [-0.3, -0.25) is 0 Å². The quantitative estimate of drug-likeness (QED) is 0.528. The first kappa shape index (κ1) is 12.2. The molecule has 3 rings (SSSR count). The lowest BCUT2D eigenvalue weighted by atomic mass is 10.2. The average Bonchev–Trinajstić information content (AvgIpc) is 2.88. The number of aryl methyl sites for hydroxylation is 1. The third-order valence-electron chi connectivity index (χ3n) is 2.84. The molecule has 0 radical (unpaired) electrons. The summed E-state index contributed by atoms with van der Waals surface area (Å²) >= 11 is 0. The molecule has 3 aromatic rings. The van der Waals surface area contributed by atoms with Crippen LogP contribution in [-0.4, -0.2) is 29.7 Å². The molecule has 0 fully saturated rings. The van der Waals surface area contributed by atoms with Crippen molar-refractivity contribution in [2.24, 2.45) is 0 Å². The molecule has 0 N–H and O–H groups in total. The second-order valence-electron chi connectivity index (χ2n) is 4.24. The number of hydrogen-bond donors (Lipinski definition) is 0. The van der Waals surface area contributed by atoms with Gasteiger partial charge in [-0.15, -0.1) is 0 Å². The Morgan fingerprint density at radius 2 is 1.95 bits per heavy atom. The molecule has 0 saturated carbocycles. The van der Waals surface area contributed by atoms with Crippen LogP contribution in [0.3, 0.4) is 0 Å². The lowest BCUT2D eigenvalue weighted by Gasteiger charge is -2.04. The van der Waals surface area contributed by atoms with Crippen molar-refractivity contribution in [3.63, 3.8) is 0 Å². The Bertz CT molecular complexity index is 797. The van der Waals surface area contributed by atoms with Crippen molar-refractivity contribution in [2.75, 3.05) is 0 Å². The first-order valence-corrected chi connectivity index (χ1v) is 5.89. The van der Waals surface area contributed by atoms with Crippen LogP contribution in [0.15, 0.2) is 30.6 Å². The molecule has 0 atom stereocenters. The Hall–Kier alpha value is -2.90. The molecule has 100 valence electrons. The second-order valence-corrected chi connectivity index (χ2v) is 4.24. The topological polar surface area (TPSA) is 99.6 Å². The first-order valence-electron chi connectivity index (χ1n) is 5.89. The summed E-state index contributed by atoms with van der Waals surface area (Å²) in [6, 6.07) is 7.54. The molecule has 8 nitrogen and oxygen atoms in total. The van der Waals surface area contributed by atoms with Gasteiger partial charge in [0.1, 0.15) is 6.54 Å². The predicted octanol–water partition coefficient (Wildman–Crippen LogP) is 1.49. The van der Waals surface area contributed by atoms with Crippen molar-refractivity contribution in [2.45, 2.75) is 13.5 Å². The van der Waals surface area contributed by atoms with E-state index in [0.717, 1.165) is 16.7 Å². The number of nitrogens with zero attached hydrogens (tertiary/aromatic N) is 6. The highest BCUT2D eigenvalue weighted by Crippen LogP contribution is 2.13. The molecule has 0 aliphatic rings. The minimum absolute atomic E-state index is 0.296. The average molecular weight is 270 g/mol. The van der Waals surface area contributed by atoms with E-state index in [-0.39, 0.29) is 0 Å². The van der Waals surface area contributed by atoms with Gasteiger partial charge in [-0.2, -0.15) is 4.68 Å². The molecule has 8 heteroatoms. The fraction of sp³-hybridized carbons (Fsp3) is 0.167. The van der Waals surface area contributed by atoms with Crippen molar-refractivity contribution < 1.29 is 4.92 Å². The van der Waals surface area contributed by atoms with Gasteiger partial charge in [0.2, 0.25) is 6.33 Å². The minimum atomic E-state index is -0.630. The summed E-state index contributed by atoms with van der Waals surface area (Å²) in [6.07, 6.45) is 1.31. The van der Waals surface area contributed by atoms with Crippen LogP contribution in [0.5, 0.6) is 0 Å². The van der Waals surface area contributed by atoms with Gasteiger partial charge < -0.3 is 10.1 Å². The number of benzene rings is 1. The number of hydrogen-bond acceptors (Lipinski definition) is 6. The SMILES string of the molecule is Cc1nc2ccccc2nc1Cn1cnc([N+](=O)[O-])n1. The number of para-hydroxylation sites is 2. The van der Waals surface area contributed by atoms with Crippen LogP contribution in [0.25, 0.3) is 11.0 Å². The van der Waals surface area contributed by atoms with Crippen LogP contribution in [0.1, 0.15) is 11.4 Å². The standard InChI is InChI=1S/C12H10N6O2/c1-8-11(6-17-7-13-12(16-17)18(19)20)15-10-5-3-2-4-9(10)14-8/h2-5,7H,6H2,1H3. The van der Waals surface area contributed by atoms with E-state index in [2.05, 4.69) is 20.1 Å². The van der Waals surface area contributed by atoms with Crippen LogP contribution in [0.4, 0.5) is 5.95 Å². The molecule has 0 unspecified atom stereocenters. The molecule has 0 bridgehead atoms. The van der Waals surface area contributed by atoms with Crippen molar-refractivity contribution in [1.29, 1.82) is 0 Å². The van der Waals surface area contributed by atoms with Crippen LogP contribution in [0, 0.1) is 17.0 Å². The fourth-order valence-electron chi connectivity index (χ4n) is 1.87. The second kappa shape index (κ2) is 4.65. The van der Waals surface area contributed by atoms with Crippen molar-refractivity contribution in [3.8, 4) is 0 Å². The zero-order valence-electron chi connectivity index (χ0n) is 10.6. The third-order valence-corrected chi connectivity index (χ3v) is 2.84. The maximum atomic E-state index is 10.5. The molecule has 0 aliphatic heterocycles. The summed E-state index contributed by atoms with van der Waals surface area (Å²) in [5.74, 6) is -0.420. The van der Waals surface area contributed by atoms with Gasteiger partial charge in [-0.25, -0.2) is 9.97 Å². The summed E-state index contributed by atoms with van der Waals surface area (Å²) in [6.45, 7) is 2.14. The van der Waals surface area contributed by atoms with E-state index < -0.39 is 10.9 Å². The number of rotatable bonds is 3. The van der Waals surface area contributed by atoms with E-state index in [0.29, 0.717) is 12.2 Å². The van der Waals surface area contributed by atoms with E-state index in [1.165, 1.54) is 11.0 Å². The molecule has 0 amide bonds. The molecular formula is C12H10N6O2. The summed E-state index contributed by atoms with van der Waals surface area (Å²) in [5, 5.41) is 14.3. The van der Waals surface area contributed by atoms with Crippen molar-refractivity contribution in [1.82, 2.24) is 24.7 Å². The number of fused-ring (bicyclic) bond motifs is 1. The lowest BCUT2D eigenvalue weighted by Crippen LogP contribution is -2.06. The van der Waals surface area contributed by atoms with Crippen LogP contribution >= 0.6 is 0 Å². The molecule has 0 aliphatic carbocycles. The Kier molecular flexibility index (Phi) is 2.82. The molecule has 2 aromatic heterocycles. The molecule has 20 heavy (non-hydrogen) atoms. The zero-order chi connectivity index (χ0) is 14.1. The maximum Gasteiger partial charge on any atom is 0.490 e. The van der Waals surface area contributed by atoms with Gasteiger partial charge in [0, 0.05) is 5.10 Å². The van der Waals surface area contributed by atoms with Crippen LogP contribution in [-0.2, 0) is 6.54 Å². The highest BCUT2D eigenvalue weighted by molar-refractivity contribution is 5.74. The third kappa shape index (κ3) is 2.18. The predicted molar refractivity (Wildman–Crippen MR) is 70.1 cm³/mol. The van der Waals surface area contributed by atoms with E-state index >= 15 is 0 Å². The largest absolute Gasteiger partial charge is 0.490 e. The zero-order valence-corrected chi connectivity index (χ0v) is 10.6. The molecular weight excluding hydrogens is 260 g/mol. The van der Waals surface area contributed by atoms with Gasteiger partial charge in [-0.1, -0.05) is 17.1 Å². The molecule has 0 spiro atoms. The number of aromatic nitrogens is 5. The monoisotopic (exact) mass is 270 g/mol. The smallest absolute Gasteiger partial charge is 0.390 e. The Balaban J connectivity index is 1.97. The minimum Gasteiger partial charge on any atom is -0.390 e. The normalized spacial score (nSPS) is 10.8.